The normalized spacial score (nSPS) is 11.1. The van der Waals surface area contributed by atoms with E-state index in [4.69, 9.17) is 29.6 Å². The molecule has 324 valence electrons. The molecule has 0 atom stereocenters. The van der Waals surface area contributed by atoms with Crippen molar-refractivity contribution in [3.63, 3.8) is 0 Å². The van der Waals surface area contributed by atoms with Gasteiger partial charge in [0, 0.05) is 62.8 Å². The number of benzene rings is 4. The first-order valence-corrected chi connectivity index (χ1v) is 22.1. The molecule has 6 rings (SSSR count). The average Bonchev–Trinajstić information content (AvgIpc) is 3.98. The number of ketones is 2. The first-order valence-electron chi connectivity index (χ1n) is 18.4. The second-order valence-corrected chi connectivity index (χ2v) is 17.5. The Labute approximate surface area is 359 Å². The van der Waals surface area contributed by atoms with E-state index in [0.29, 0.717) is 11.5 Å². The summed E-state index contributed by atoms with van der Waals surface area (Å²) in [6, 6.07) is 32.9. The van der Waals surface area contributed by atoms with Crippen LogP contribution in [0.5, 0.6) is 23.0 Å². The van der Waals surface area contributed by atoms with Crippen LogP contribution in [0.15, 0.2) is 119 Å². The maximum absolute atomic E-state index is 13.3. The van der Waals surface area contributed by atoms with Gasteiger partial charge in [0.1, 0.15) is 34.4 Å². The third-order valence-corrected chi connectivity index (χ3v) is 11.7. The van der Waals surface area contributed by atoms with Gasteiger partial charge >= 0.3 is 0 Å². The van der Waals surface area contributed by atoms with Gasteiger partial charge in [0.05, 0.1) is 28.4 Å². The fraction of sp³-hybridized carbons (Fsp3) is 0.238. The van der Waals surface area contributed by atoms with E-state index >= 15 is 0 Å². The molecule has 61 heavy (non-hydrogen) atoms. The largest absolute Gasteiger partial charge is 0.497 e. The third-order valence-electron chi connectivity index (χ3n) is 8.72. The van der Waals surface area contributed by atoms with Crippen LogP contribution in [0, 0.1) is 0 Å². The Morgan fingerprint density at radius 1 is 0.557 bits per heavy atom. The van der Waals surface area contributed by atoms with E-state index in [0.717, 1.165) is 41.8 Å². The molecule has 0 aliphatic rings. The van der Waals surface area contributed by atoms with Crippen molar-refractivity contribution < 1.29 is 45.4 Å². The minimum atomic E-state index is -3.94. The molecule has 0 unspecified atom stereocenters. The zero-order chi connectivity index (χ0) is 44.6. The summed E-state index contributed by atoms with van der Waals surface area (Å²) in [4.78, 5) is 22.2. The SMILES string of the molecule is CC(=O)c1cc(S(=O)(=O)Cl)[nH]n1.COc1ccc(CN(Cc2ccc(OC)cc2)S(=O)(=O)c2cc(C(C)=O)n[nH]2)cc1.COc1ccc(CNCc2ccc(OC)cc2)cc1. The van der Waals surface area contributed by atoms with Crippen molar-refractivity contribution >= 4 is 41.3 Å². The van der Waals surface area contributed by atoms with Crippen molar-refractivity contribution in [1.82, 2.24) is 30.0 Å². The number of methoxy groups -OCH3 is 4. The number of halogens is 1. The predicted octanol–water partition coefficient (Wildman–Crippen LogP) is 6.55. The van der Waals surface area contributed by atoms with Gasteiger partial charge in [-0.3, -0.25) is 19.8 Å². The number of sulfonamides is 1. The molecule has 16 nitrogen and oxygen atoms in total. The van der Waals surface area contributed by atoms with E-state index in [2.05, 4.69) is 50.0 Å². The number of nitrogens with one attached hydrogen (secondary N) is 3. The second kappa shape index (κ2) is 22.5. The van der Waals surface area contributed by atoms with E-state index in [9.17, 15) is 26.4 Å². The van der Waals surface area contributed by atoms with Crippen LogP contribution >= 0.6 is 10.7 Å². The number of aromatic amines is 2. The van der Waals surface area contributed by atoms with Crippen molar-refractivity contribution in [3.05, 3.63) is 143 Å². The van der Waals surface area contributed by atoms with E-state index < -0.39 is 19.1 Å². The molecule has 0 aliphatic heterocycles. The molecule has 0 fully saturated rings. The highest BCUT2D eigenvalue weighted by atomic mass is 35.7. The first-order chi connectivity index (χ1) is 29.1. The van der Waals surface area contributed by atoms with Gasteiger partial charge in [-0.1, -0.05) is 48.5 Å². The van der Waals surface area contributed by atoms with Gasteiger partial charge in [0.15, 0.2) is 21.6 Å². The number of carbonyl (C=O) groups excluding carboxylic acids is 2. The second-order valence-electron chi connectivity index (χ2n) is 13.1. The molecular formula is C42H47ClN6O10S2. The Bertz CT molecular complexity index is 2450. The van der Waals surface area contributed by atoms with Gasteiger partial charge in [0.25, 0.3) is 19.1 Å². The summed E-state index contributed by atoms with van der Waals surface area (Å²) in [6.07, 6.45) is 0. The topological polar surface area (TPSA) is 212 Å². The minimum Gasteiger partial charge on any atom is -0.497 e. The molecule has 0 saturated heterocycles. The lowest BCUT2D eigenvalue weighted by molar-refractivity contribution is 0.100. The van der Waals surface area contributed by atoms with Crippen LogP contribution in [-0.4, -0.2) is 81.5 Å². The Morgan fingerprint density at radius 2 is 0.869 bits per heavy atom. The predicted molar refractivity (Wildman–Crippen MR) is 229 cm³/mol. The molecule has 3 N–H and O–H groups in total. The van der Waals surface area contributed by atoms with Gasteiger partial charge < -0.3 is 24.3 Å². The van der Waals surface area contributed by atoms with Crippen LogP contribution in [0.25, 0.3) is 0 Å². The van der Waals surface area contributed by atoms with Gasteiger partial charge in [-0.25, -0.2) is 16.8 Å². The summed E-state index contributed by atoms with van der Waals surface area (Å²) in [5.41, 5.74) is 4.19. The first kappa shape index (κ1) is 47.6. The molecule has 6 aromatic rings. The molecule has 0 amide bonds. The maximum Gasteiger partial charge on any atom is 0.278 e. The van der Waals surface area contributed by atoms with Crippen LogP contribution < -0.4 is 24.3 Å². The highest BCUT2D eigenvalue weighted by Crippen LogP contribution is 2.23. The van der Waals surface area contributed by atoms with Gasteiger partial charge in [-0.15, -0.1) is 0 Å². The molecule has 2 heterocycles. The van der Waals surface area contributed by atoms with Gasteiger partial charge in [-0.05, 0) is 70.8 Å². The Balaban J connectivity index is 0.000000224. The average molecular weight is 895 g/mol. The fourth-order valence-electron chi connectivity index (χ4n) is 5.30. The van der Waals surface area contributed by atoms with E-state index in [1.807, 2.05) is 48.5 Å². The summed E-state index contributed by atoms with van der Waals surface area (Å²) >= 11 is 0. The number of ether oxygens (including phenoxy) is 4. The molecule has 4 aromatic carbocycles. The number of rotatable bonds is 17. The van der Waals surface area contributed by atoms with Crippen LogP contribution in [0.3, 0.4) is 0 Å². The van der Waals surface area contributed by atoms with Crippen LogP contribution in [-0.2, 0) is 45.3 Å². The number of H-pyrrole nitrogens is 2. The van der Waals surface area contributed by atoms with Gasteiger partial charge in [0.2, 0.25) is 0 Å². The summed E-state index contributed by atoms with van der Waals surface area (Å²) in [6.45, 7) is 4.56. The van der Waals surface area contributed by atoms with Crippen molar-refractivity contribution in [2.24, 2.45) is 0 Å². The molecule has 2 aromatic heterocycles. The Hall–Kier alpha value is -6.05. The lowest BCUT2D eigenvalue weighted by atomic mass is 10.2. The summed E-state index contributed by atoms with van der Waals surface area (Å²) in [7, 11) is 3.71. The molecule has 0 aliphatic carbocycles. The number of hydrogen-bond donors (Lipinski definition) is 3. The van der Waals surface area contributed by atoms with Crippen molar-refractivity contribution in [2.45, 2.75) is 50.1 Å². The number of hydrogen-bond acceptors (Lipinski definition) is 13. The zero-order valence-corrected chi connectivity index (χ0v) is 36.7. The molecule has 19 heteroatoms. The minimum absolute atomic E-state index is 0.0502. The quantitative estimate of drug-likeness (QED) is 0.0656. The van der Waals surface area contributed by atoms with E-state index in [1.165, 1.54) is 35.3 Å². The lowest BCUT2D eigenvalue weighted by Crippen LogP contribution is -2.30. The highest BCUT2D eigenvalue weighted by Gasteiger charge is 2.28. The van der Waals surface area contributed by atoms with E-state index in [-0.39, 0.29) is 46.1 Å². The third kappa shape index (κ3) is 14.6. The lowest BCUT2D eigenvalue weighted by Gasteiger charge is -2.22. The molecule has 0 bridgehead atoms. The maximum atomic E-state index is 13.3. The highest BCUT2D eigenvalue weighted by molar-refractivity contribution is 8.13. The molecule has 0 radical (unpaired) electrons. The van der Waals surface area contributed by atoms with Crippen LogP contribution in [0.2, 0.25) is 0 Å². The zero-order valence-electron chi connectivity index (χ0n) is 34.3. The Morgan fingerprint density at radius 3 is 1.15 bits per heavy atom. The summed E-state index contributed by atoms with van der Waals surface area (Å²) < 4.78 is 69.9. The standard InChI is InChI=1S/C21H23N3O5S.C16H19NO2.C5H5ClN2O3S/c1-15(25)20-12-21(23-22-20)30(26,27)24(13-16-4-8-18(28-2)9-5-16)14-17-6-10-19(29-3)11-7-17;1-18-15-7-3-13(4-8-15)11-17-12-14-5-9-16(19-2)10-6-14;1-3(9)4-2-5(8-7-4)12(6,10)11/h4-12H,13-14H2,1-3H3,(H,22,23);3-10,17H,11-12H2,1-2H3;2H,1H3,(H,7,8). The van der Waals surface area contributed by atoms with Crippen molar-refractivity contribution in [1.29, 1.82) is 0 Å². The van der Waals surface area contributed by atoms with Crippen LogP contribution in [0.1, 0.15) is 57.1 Å². The van der Waals surface area contributed by atoms with Crippen molar-refractivity contribution in [2.75, 3.05) is 28.4 Å². The fourth-order valence-corrected chi connectivity index (χ4v) is 7.28. The summed E-state index contributed by atoms with van der Waals surface area (Å²) in [5.74, 6) is 2.51. The Kier molecular flexibility index (Phi) is 17.6. The monoisotopic (exact) mass is 894 g/mol. The molecule has 0 spiro atoms. The summed E-state index contributed by atoms with van der Waals surface area (Å²) in [5, 5.41) is 14.9. The van der Waals surface area contributed by atoms with Crippen molar-refractivity contribution in [3.8, 4) is 23.0 Å². The van der Waals surface area contributed by atoms with E-state index in [1.54, 1.807) is 52.7 Å². The number of Topliss-reactive ketones (excluding diaryl/α,β-unsaturated/α-hetero) is 2. The molecular weight excluding hydrogens is 848 g/mol. The smallest absolute Gasteiger partial charge is 0.278 e. The van der Waals surface area contributed by atoms with Gasteiger partial charge in [-0.2, -0.15) is 14.5 Å². The number of nitrogens with zero attached hydrogens (tertiary/aromatic N) is 3. The number of aromatic nitrogens is 4. The molecule has 0 saturated carbocycles. The van der Waals surface area contributed by atoms with Crippen LogP contribution in [0.4, 0.5) is 0 Å². The number of carbonyl (C=O) groups is 2.